The molecule has 0 unspecified atom stereocenters. The minimum Gasteiger partial charge on any atom is -0.396 e. The van der Waals surface area contributed by atoms with E-state index in [2.05, 4.69) is 0 Å². The van der Waals surface area contributed by atoms with Crippen LogP contribution in [0.3, 0.4) is 0 Å². The van der Waals surface area contributed by atoms with Crippen LogP contribution in [0.4, 0.5) is 0 Å². The van der Waals surface area contributed by atoms with Crippen molar-refractivity contribution >= 4 is 11.3 Å². The van der Waals surface area contributed by atoms with Gasteiger partial charge in [-0.1, -0.05) is 13.5 Å². The van der Waals surface area contributed by atoms with Crippen LogP contribution in [0.2, 0.25) is 0 Å². The second kappa shape index (κ2) is 4.53. The van der Waals surface area contributed by atoms with E-state index in [9.17, 15) is 0 Å². The molecule has 0 aliphatic rings. The molecule has 0 aromatic carbocycles. The van der Waals surface area contributed by atoms with Gasteiger partial charge in [0.15, 0.2) is 0 Å². The molecule has 0 saturated heterocycles. The van der Waals surface area contributed by atoms with E-state index in [4.69, 9.17) is 5.11 Å². The molecular formula is C7H12OS. The van der Waals surface area contributed by atoms with Gasteiger partial charge < -0.3 is 5.11 Å². The summed E-state index contributed by atoms with van der Waals surface area (Å²) in [6.07, 6.45) is 0.803. The van der Waals surface area contributed by atoms with Gasteiger partial charge in [-0.3, -0.25) is 0 Å². The number of aliphatic hydroxyl groups excluding tert-OH is 1. The Balaban J connectivity index is 0.000000640. The standard InChI is InChI=1S/C6H8OS.CH4/c7-4-3-6-2-1-5-8-6;/h1-2,5,7H,3-4H2;1H4. The fourth-order valence-electron chi connectivity index (χ4n) is 0.565. The molecule has 9 heavy (non-hydrogen) atoms. The van der Waals surface area contributed by atoms with Gasteiger partial charge >= 0.3 is 0 Å². The second-order valence-electron chi connectivity index (χ2n) is 1.55. The molecule has 1 N–H and O–H groups in total. The van der Waals surface area contributed by atoms with Crippen LogP contribution in [0.5, 0.6) is 0 Å². The zero-order valence-corrected chi connectivity index (χ0v) is 5.32. The van der Waals surface area contributed by atoms with Crippen molar-refractivity contribution < 1.29 is 5.11 Å². The quantitative estimate of drug-likeness (QED) is 0.672. The fourth-order valence-corrected chi connectivity index (χ4v) is 1.26. The van der Waals surface area contributed by atoms with E-state index in [1.165, 1.54) is 4.88 Å². The van der Waals surface area contributed by atoms with E-state index in [0.717, 1.165) is 6.42 Å². The average molecular weight is 144 g/mol. The van der Waals surface area contributed by atoms with Crippen LogP contribution in [0, 0.1) is 0 Å². The molecule has 1 aromatic heterocycles. The summed E-state index contributed by atoms with van der Waals surface area (Å²) in [5, 5.41) is 10.5. The smallest absolute Gasteiger partial charge is 0.0479 e. The van der Waals surface area contributed by atoms with Gasteiger partial charge in [-0.05, 0) is 11.4 Å². The van der Waals surface area contributed by atoms with Crippen molar-refractivity contribution in [3.05, 3.63) is 22.4 Å². The topological polar surface area (TPSA) is 20.2 Å². The Morgan fingerprint density at radius 1 is 1.56 bits per heavy atom. The van der Waals surface area contributed by atoms with Crippen LogP contribution in [0.25, 0.3) is 0 Å². The maximum atomic E-state index is 8.44. The van der Waals surface area contributed by atoms with E-state index in [0.29, 0.717) is 0 Å². The van der Waals surface area contributed by atoms with Gasteiger partial charge in [0.25, 0.3) is 0 Å². The summed E-state index contributed by atoms with van der Waals surface area (Å²) < 4.78 is 0. The largest absolute Gasteiger partial charge is 0.396 e. The Bertz CT molecular complexity index is 135. The van der Waals surface area contributed by atoms with Crippen molar-refractivity contribution in [1.82, 2.24) is 0 Å². The molecule has 0 atom stereocenters. The van der Waals surface area contributed by atoms with Crippen LogP contribution >= 0.6 is 11.3 Å². The lowest BCUT2D eigenvalue weighted by Crippen LogP contribution is -1.84. The van der Waals surface area contributed by atoms with E-state index in [1.54, 1.807) is 11.3 Å². The van der Waals surface area contributed by atoms with Crippen LogP contribution in [0.1, 0.15) is 12.3 Å². The van der Waals surface area contributed by atoms with Crippen LogP contribution in [-0.2, 0) is 6.42 Å². The molecular weight excluding hydrogens is 132 g/mol. The summed E-state index contributed by atoms with van der Waals surface area (Å²) in [5.74, 6) is 0. The predicted molar refractivity (Wildman–Crippen MR) is 41.8 cm³/mol. The minimum absolute atomic E-state index is 0. The molecule has 1 aromatic rings. The minimum atomic E-state index is 0. The molecule has 0 aliphatic heterocycles. The van der Waals surface area contributed by atoms with Gasteiger partial charge in [0.05, 0.1) is 0 Å². The van der Waals surface area contributed by atoms with Crippen molar-refractivity contribution in [3.8, 4) is 0 Å². The zero-order valence-electron chi connectivity index (χ0n) is 4.50. The third kappa shape index (κ3) is 2.63. The lowest BCUT2D eigenvalue weighted by molar-refractivity contribution is 0.300. The molecule has 0 fully saturated rings. The summed E-state index contributed by atoms with van der Waals surface area (Å²) >= 11 is 1.69. The summed E-state index contributed by atoms with van der Waals surface area (Å²) in [4.78, 5) is 1.26. The highest BCUT2D eigenvalue weighted by Crippen LogP contribution is 2.07. The normalized spacial score (nSPS) is 8.56. The van der Waals surface area contributed by atoms with Gasteiger partial charge in [0, 0.05) is 17.9 Å². The Labute approximate surface area is 60.0 Å². The average Bonchev–Trinajstić information content (AvgIpc) is 2.19. The first-order chi connectivity index (χ1) is 3.93. The maximum absolute atomic E-state index is 8.44. The first-order valence-corrected chi connectivity index (χ1v) is 3.44. The Kier molecular flexibility index (Phi) is 4.36. The van der Waals surface area contributed by atoms with Crippen molar-refractivity contribution in [2.75, 3.05) is 6.61 Å². The van der Waals surface area contributed by atoms with Gasteiger partial charge in [-0.2, -0.15) is 0 Å². The number of hydrogen-bond acceptors (Lipinski definition) is 2. The number of hydrogen-bond donors (Lipinski definition) is 1. The van der Waals surface area contributed by atoms with Crippen molar-refractivity contribution in [1.29, 1.82) is 0 Å². The molecule has 0 bridgehead atoms. The number of rotatable bonds is 2. The van der Waals surface area contributed by atoms with Crippen LogP contribution in [-0.4, -0.2) is 11.7 Å². The lowest BCUT2D eigenvalue weighted by Gasteiger charge is -1.85. The lowest BCUT2D eigenvalue weighted by atomic mass is 10.4. The van der Waals surface area contributed by atoms with Crippen molar-refractivity contribution in [3.63, 3.8) is 0 Å². The molecule has 0 saturated carbocycles. The van der Waals surface area contributed by atoms with Crippen molar-refractivity contribution in [2.24, 2.45) is 0 Å². The van der Waals surface area contributed by atoms with E-state index >= 15 is 0 Å². The van der Waals surface area contributed by atoms with Gasteiger partial charge in [0.2, 0.25) is 0 Å². The van der Waals surface area contributed by atoms with E-state index < -0.39 is 0 Å². The highest BCUT2D eigenvalue weighted by Gasteiger charge is 1.87. The molecule has 2 heteroatoms. The highest BCUT2D eigenvalue weighted by molar-refractivity contribution is 7.09. The van der Waals surface area contributed by atoms with Gasteiger partial charge in [0.1, 0.15) is 0 Å². The summed E-state index contributed by atoms with van der Waals surface area (Å²) in [7, 11) is 0. The number of aliphatic hydroxyl groups is 1. The number of thiophene rings is 1. The Hall–Kier alpha value is -0.340. The van der Waals surface area contributed by atoms with Gasteiger partial charge in [-0.25, -0.2) is 0 Å². The Morgan fingerprint density at radius 3 is 2.78 bits per heavy atom. The van der Waals surface area contributed by atoms with Crippen LogP contribution in [0.15, 0.2) is 17.5 Å². The molecule has 0 spiro atoms. The molecule has 0 aliphatic carbocycles. The molecule has 1 rings (SSSR count). The SMILES string of the molecule is C.OCCc1cccs1. The first-order valence-electron chi connectivity index (χ1n) is 2.56. The highest BCUT2D eigenvalue weighted by atomic mass is 32.1. The summed E-state index contributed by atoms with van der Waals surface area (Å²) in [6, 6.07) is 4.02. The third-order valence-electron chi connectivity index (χ3n) is 0.938. The Morgan fingerprint density at radius 2 is 2.33 bits per heavy atom. The molecule has 0 radical (unpaired) electrons. The van der Waals surface area contributed by atoms with Crippen LogP contribution < -0.4 is 0 Å². The fraction of sp³-hybridized carbons (Fsp3) is 0.429. The monoisotopic (exact) mass is 144 g/mol. The third-order valence-corrected chi connectivity index (χ3v) is 1.87. The molecule has 0 amide bonds. The van der Waals surface area contributed by atoms with E-state index in [-0.39, 0.29) is 14.0 Å². The predicted octanol–water partition coefficient (Wildman–Crippen LogP) is 1.92. The first kappa shape index (κ1) is 8.66. The molecule has 52 valence electrons. The second-order valence-corrected chi connectivity index (χ2v) is 2.59. The maximum Gasteiger partial charge on any atom is 0.0479 e. The summed E-state index contributed by atoms with van der Waals surface area (Å²) in [5.41, 5.74) is 0. The van der Waals surface area contributed by atoms with E-state index in [1.807, 2.05) is 17.5 Å². The molecule has 1 nitrogen and oxygen atoms in total. The van der Waals surface area contributed by atoms with Gasteiger partial charge in [-0.15, -0.1) is 11.3 Å². The summed E-state index contributed by atoms with van der Waals surface area (Å²) in [6.45, 7) is 0.264. The van der Waals surface area contributed by atoms with Crippen molar-refractivity contribution in [2.45, 2.75) is 13.8 Å². The zero-order chi connectivity index (χ0) is 5.82. The molecule has 1 heterocycles.